The van der Waals surface area contributed by atoms with E-state index in [0.29, 0.717) is 0 Å². The summed E-state index contributed by atoms with van der Waals surface area (Å²) in [5, 5.41) is 14.2. The number of anilines is 1. The van der Waals surface area contributed by atoms with Gasteiger partial charge in [-0.2, -0.15) is 0 Å². The van der Waals surface area contributed by atoms with Crippen molar-refractivity contribution in [3.63, 3.8) is 0 Å². The van der Waals surface area contributed by atoms with Gasteiger partial charge in [-0.25, -0.2) is 0 Å². The molecule has 4 aromatic rings. The Kier molecular flexibility index (Phi) is 8.26. The first-order valence-electron chi connectivity index (χ1n) is 13.5. The number of alkyl halides is 5. The Morgan fingerprint density at radius 2 is 1.38 bits per heavy atom. The molecule has 0 aromatic heterocycles. The molecule has 0 radical (unpaired) electrons. The predicted octanol–water partition coefficient (Wildman–Crippen LogP) is 7.07. The number of hydrogen-bond acceptors (Lipinski definition) is 6. The molecule has 0 saturated carbocycles. The van der Waals surface area contributed by atoms with Gasteiger partial charge in [0, 0.05) is 0 Å². The molecule has 1 aliphatic heterocycles. The van der Waals surface area contributed by atoms with Crippen LogP contribution >= 0.6 is 22.8 Å². The zero-order valence-corrected chi connectivity index (χ0v) is 25.9. The number of esters is 1. The van der Waals surface area contributed by atoms with Gasteiger partial charge in [0.2, 0.25) is 0 Å². The van der Waals surface area contributed by atoms with Crippen LogP contribution in [0.5, 0.6) is 0 Å². The van der Waals surface area contributed by atoms with Crippen molar-refractivity contribution in [1.29, 1.82) is 0 Å². The van der Waals surface area contributed by atoms with Crippen LogP contribution in [-0.2, 0) is 14.1 Å². The number of halogens is 6. The van der Waals surface area contributed by atoms with Crippen molar-refractivity contribution in [1.82, 2.24) is 0 Å². The fraction of sp³-hybridized carbons (Fsp3) is 0.194. The average Bonchev–Trinajstić information content (AvgIpc) is 3.00. The summed E-state index contributed by atoms with van der Waals surface area (Å²) in [4.78, 5) is 24.8. The Morgan fingerprint density at radius 3 is 1.76 bits per heavy atom. The molecule has 0 spiro atoms. The Balaban J connectivity index is 1.95. The summed E-state index contributed by atoms with van der Waals surface area (Å²) in [6, 6.07) is 26.3. The van der Waals surface area contributed by atoms with Gasteiger partial charge in [0.1, 0.15) is 0 Å². The number of benzene rings is 4. The molecule has 1 N–H and O–H groups in total. The molecule has 0 bridgehead atoms. The number of carbonyl (C=O) groups is 1. The topological polar surface area (TPSA) is 90.7 Å². The van der Waals surface area contributed by atoms with E-state index in [1.165, 1.54) is 43.3 Å². The van der Waals surface area contributed by atoms with Crippen LogP contribution in [0.3, 0.4) is 0 Å². The fourth-order valence-electron chi connectivity index (χ4n) is 6.04. The molecule has 0 aliphatic carbocycles. The number of non-ortho nitro benzene ring substituents is 1. The molecular weight excluding hydrogens is 686 g/mol. The summed E-state index contributed by atoms with van der Waals surface area (Å²) < 4.78 is 88.1. The van der Waals surface area contributed by atoms with Gasteiger partial charge in [-0.3, -0.25) is 0 Å². The minimum atomic E-state index is -6.23. The van der Waals surface area contributed by atoms with Crippen molar-refractivity contribution in [3.05, 3.63) is 124 Å². The maximum absolute atomic E-state index is 16.3. The third-order valence-corrected chi connectivity index (χ3v) is 14.7. The van der Waals surface area contributed by atoms with E-state index in [1.54, 1.807) is 54.6 Å². The van der Waals surface area contributed by atoms with E-state index >= 15 is 8.78 Å². The maximum atomic E-state index is 16.3. The Labute approximate surface area is 262 Å². The van der Waals surface area contributed by atoms with E-state index in [0.717, 1.165) is 18.2 Å². The quantitative estimate of drug-likeness (QED) is 0.0657. The van der Waals surface area contributed by atoms with E-state index in [-0.39, 0.29) is 27.0 Å². The summed E-state index contributed by atoms with van der Waals surface area (Å²) >= 11 is 3.05. The zero-order chi connectivity index (χ0) is 32.7. The number of nitro groups is 1. The minimum absolute atomic E-state index is 0.206. The second-order valence-electron chi connectivity index (χ2n) is 10.2. The first-order valence-corrected chi connectivity index (χ1v) is 16.5. The third-order valence-electron chi connectivity index (χ3n) is 7.83. The van der Waals surface area contributed by atoms with E-state index in [1.807, 2.05) is 0 Å². The molecule has 1 heterocycles. The summed E-state index contributed by atoms with van der Waals surface area (Å²) in [7, 11) is 0. The number of nitrogens with zero attached hydrogens (tertiary/aromatic N) is 1. The summed E-state index contributed by atoms with van der Waals surface area (Å²) in [6.07, 6.45) is -6.23. The molecule has 1 aliphatic rings. The van der Waals surface area contributed by atoms with Gasteiger partial charge in [0.25, 0.3) is 0 Å². The van der Waals surface area contributed by atoms with Crippen LogP contribution in [0.25, 0.3) is 0 Å². The molecule has 5 rings (SSSR count). The van der Waals surface area contributed by atoms with E-state index in [4.69, 9.17) is 9.26 Å². The van der Waals surface area contributed by atoms with Gasteiger partial charge >= 0.3 is 263 Å². The van der Waals surface area contributed by atoms with E-state index in [9.17, 15) is 28.1 Å². The summed E-state index contributed by atoms with van der Waals surface area (Å²) in [5.41, 5.74) is -6.99. The molecule has 4 aromatic carbocycles. The number of nitrogens with one attached hydrogen (secondary N) is 1. The van der Waals surface area contributed by atoms with Crippen LogP contribution in [0.2, 0.25) is 0 Å². The van der Waals surface area contributed by atoms with Crippen LogP contribution in [-0.4, -0.2) is 41.0 Å². The SMILES string of the molecule is CCOC(=O)[C@H]1[C@](Nc2ccc([N+](=O)[O-])cc2Br)(C(F)(F)C(F)(F)F)OP1(c1ccccc1)(c1ccccc1)c1ccccc1. The zero-order valence-electron chi connectivity index (χ0n) is 23.4. The Bertz CT molecular complexity index is 1630. The number of ether oxygens (including phenoxy) is 1. The molecule has 1 saturated heterocycles. The van der Waals surface area contributed by atoms with Gasteiger partial charge < -0.3 is 0 Å². The molecule has 7 nitrogen and oxygen atoms in total. The van der Waals surface area contributed by atoms with Gasteiger partial charge in [0.15, 0.2) is 0 Å². The van der Waals surface area contributed by atoms with Crippen molar-refractivity contribution in [2.24, 2.45) is 0 Å². The van der Waals surface area contributed by atoms with Crippen LogP contribution in [0, 0.1) is 10.1 Å². The fourth-order valence-corrected chi connectivity index (χ4v) is 13.2. The van der Waals surface area contributed by atoms with Crippen molar-refractivity contribution in [2.75, 3.05) is 11.9 Å². The molecule has 1 fully saturated rings. The molecular formula is C31H25BrF5N2O5P. The van der Waals surface area contributed by atoms with Gasteiger partial charge in [-0.05, 0) is 0 Å². The molecule has 2 atom stereocenters. The van der Waals surface area contributed by atoms with Crippen molar-refractivity contribution < 1.29 is 40.9 Å². The van der Waals surface area contributed by atoms with Crippen molar-refractivity contribution >= 4 is 56.0 Å². The van der Waals surface area contributed by atoms with Crippen molar-refractivity contribution in [3.8, 4) is 0 Å². The predicted molar refractivity (Wildman–Crippen MR) is 165 cm³/mol. The first kappa shape index (κ1) is 32.5. The van der Waals surface area contributed by atoms with E-state index in [2.05, 4.69) is 21.2 Å². The van der Waals surface area contributed by atoms with Gasteiger partial charge in [0.05, 0.1) is 0 Å². The van der Waals surface area contributed by atoms with Gasteiger partial charge in [-0.1, -0.05) is 0 Å². The Morgan fingerprint density at radius 1 is 0.911 bits per heavy atom. The van der Waals surface area contributed by atoms with Crippen LogP contribution in [0.4, 0.5) is 33.3 Å². The van der Waals surface area contributed by atoms with Crippen LogP contribution in [0.1, 0.15) is 6.92 Å². The Hall–Kier alpha value is -3.93. The summed E-state index contributed by atoms with van der Waals surface area (Å²) in [6.45, 7) is -4.09. The third kappa shape index (κ3) is 4.62. The second-order valence-corrected chi connectivity index (χ2v) is 15.5. The normalized spacial score (nSPS) is 21.4. The van der Waals surface area contributed by atoms with Gasteiger partial charge in [-0.15, -0.1) is 0 Å². The molecule has 45 heavy (non-hydrogen) atoms. The molecule has 0 amide bonds. The number of hydrogen-bond donors (Lipinski definition) is 1. The van der Waals surface area contributed by atoms with Crippen LogP contribution in [0.15, 0.2) is 114 Å². The van der Waals surface area contributed by atoms with Crippen LogP contribution < -0.4 is 21.2 Å². The van der Waals surface area contributed by atoms with E-state index < -0.39 is 52.6 Å². The average molecular weight is 711 g/mol. The standard InChI is InChI=1S/C31H25BrF5N2O5P/c1-2-43-28(40)27-29(30(33,34)31(35,36)37,38-26-19-18-21(39(41)42)20-25(26)32)44-45(27,22-12-6-3-7-13-22,23-14-8-4-9-15-23)24-16-10-5-11-17-24/h3-20,27,38H,2H2,1H3/t27-,29+/m0/s1. The number of carbonyl (C=O) groups excluding carboxylic acids is 1. The number of rotatable bonds is 9. The number of nitro benzene ring substituents is 1. The second kappa shape index (κ2) is 11.5. The first-order chi connectivity index (χ1) is 21.3. The summed E-state index contributed by atoms with van der Waals surface area (Å²) in [5.74, 6) is -7.08. The van der Waals surface area contributed by atoms with Crippen molar-refractivity contribution in [2.45, 2.75) is 30.4 Å². The molecule has 236 valence electrons. The molecule has 0 unspecified atom stereocenters. The molecule has 14 heteroatoms. The monoisotopic (exact) mass is 710 g/mol.